The molecular formula is C21H32FIN6O. The van der Waals surface area contributed by atoms with Crippen LogP contribution in [0, 0.1) is 19.7 Å². The zero-order valence-electron chi connectivity index (χ0n) is 17.9. The molecule has 2 heterocycles. The van der Waals surface area contributed by atoms with Crippen molar-refractivity contribution in [2.45, 2.75) is 33.4 Å². The third-order valence-corrected chi connectivity index (χ3v) is 4.99. The quantitative estimate of drug-likeness (QED) is 0.250. The van der Waals surface area contributed by atoms with Gasteiger partial charge in [0.05, 0.1) is 24.6 Å². The van der Waals surface area contributed by atoms with Crippen LogP contribution in [0.3, 0.4) is 0 Å². The molecule has 0 aliphatic carbocycles. The van der Waals surface area contributed by atoms with Crippen LogP contribution in [0.1, 0.15) is 23.4 Å². The summed E-state index contributed by atoms with van der Waals surface area (Å²) in [7, 11) is 1.73. The molecule has 0 amide bonds. The number of hydrogen-bond donors (Lipinski definition) is 2. The van der Waals surface area contributed by atoms with E-state index in [1.165, 1.54) is 5.69 Å². The summed E-state index contributed by atoms with van der Waals surface area (Å²) in [6.45, 7) is 8.96. The molecular weight excluding hydrogens is 498 g/mol. The molecule has 0 spiro atoms. The van der Waals surface area contributed by atoms with E-state index in [1.54, 1.807) is 13.1 Å². The molecule has 0 radical (unpaired) electrons. The first-order chi connectivity index (χ1) is 14.1. The van der Waals surface area contributed by atoms with Crippen LogP contribution in [0.15, 0.2) is 29.3 Å². The molecule has 0 unspecified atom stereocenters. The zero-order valence-corrected chi connectivity index (χ0v) is 20.3. The van der Waals surface area contributed by atoms with Crippen molar-refractivity contribution < 1.29 is 9.13 Å². The zero-order chi connectivity index (χ0) is 20.6. The number of anilines is 1. The Bertz CT molecular complexity index is 835. The first-order valence-electron chi connectivity index (χ1n) is 10.1. The molecule has 1 aliphatic heterocycles. The van der Waals surface area contributed by atoms with Crippen LogP contribution < -0.4 is 15.5 Å². The summed E-state index contributed by atoms with van der Waals surface area (Å²) in [4.78, 5) is 6.27. The summed E-state index contributed by atoms with van der Waals surface area (Å²) in [6.07, 6.45) is 0.936. The Labute approximate surface area is 195 Å². The number of aliphatic imine (C=N–C) groups is 1. The Balaban J connectivity index is 0.00000320. The first kappa shape index (κ1) is 24.4. The summed E-state index contributed by atoms with van der Waals surface area (Å²) in [5, 5.41) is 11.0. The number of guanidine groups is 1. The Kier molecular flexibility index (Phi) is 9.83. The molecule has 1 fully saturated rings. The van der Waals surface area contributed by atoms with Crippen molar-refractivity contribution in [3.05, 3.63) is 47.0 Å². The maximum Gasteiger partial charge on any atom is 0.191 e. The third kappa shape index (κ3) is 6.83. The minimum absolute atomic E-state index is 0. The number of nitrogens with one attached hydrogen (secondary N) is 2. The third-order valence-electron chi connectivity index (χ3n) is 4.99. The number of hydrogen-bond acceptors (Lipinski definition) is 4. The van der Waals surface area contributed by atoms with E-state index in [4.69, 9.17) is 4.74 Å². The van der Waals surface area contributed by atoms with E-state index in [9.17, 15) is 4.39 Å². The average molecular weight is 530 g/mol. The lowest BCUT2D eigenvalue weighted by atomic mass is 10.1. The van der Waals surface area contributed by atoms with Crippen LogP contribution in [-0.4, -0.2) is 55.6 Å². The van der Waals surface area contributed by atoms with Crippen molar-refractivity contribution in [1.82, 2.24) is 20.4 Å². The van der Waals surface area contributed by atoms with E-state index < -0.39 is 0 Å². The molecule has 9 heteroatoms. The van der Waals surface area contributed by atoms with Crippen molar-refractivity contribution >= 4 is 35.6 Å². The summed E-state index contributed by atoms with van der Waals surface area (Å²) in [6, 6.07) is 7.48. The monoisotopic (exact) mass is 530 g/mol. The molecule has 1 aliphatic rings. The van der Waals surface area contributed by atoms with Gasteiger partial charge < -0.3 is 20.3 Å². The first-order valence-corrected chi connectivity index (χ1v) is 10.1. The van der Waals surface area contributed by atoms with Crippen molar-refractivity contribution in [3.8, 4) is 0 Å². The van der Waals surface area contributed by atoms with Gasteiger partial charge in [-0.2, -0.15) is 5.10 Å². The number of halogens is 2. The van der Waals surface area contributed by atoms with E-state index in [0.29, 0.717) is 31.4 Å². The highest BCUT2D eigenvalue weighted by atomic mass is 127. The van der Waals surface area contributed by atoms with Crippen molar-refractivity contribution in [2.75, 3.05) is 44.8 Å². The van der Waals surface area contributed by atoms with Gasteiger partial charge in [-0.05, 0) is 44.0 Å². The van der Waals surface area contributed by atoms with Crippen LogP contribution in [0.4, 0.5) is 10.1 Å². The molecule has 1 aromatic carbocycles. The van der Waals surface area contributed by atoms with Gasteiger partial charge >= 0.3 is 0 Å². The van der Waals surface area contributed by atoms with Gasteiger partial charge in [0, 0.05) is 45.5 Å². The number of ether oxygens (including phenoxy) is 1. The molecule has 2 aromatic rings. The molecule has 1 saturated heterocycles. The predicted molar refractivity (Wildman–Crippen MR) is 129 cm³/mol. The van der Waals surface area contributed by atoms with Gasteiger partial charge in [-0.1, -0.05) is 6.07 Å². The van der Waals surface area contributed by atoms with Crippen LogP contribution in [0.5, 0.6) is 0 Å². The second-order valence-electron chi connectivity index (χ2n) is 7.24. The smallest absolute Gasteiger partial charge is 0.191 e. The van der Waals surface area contributed by atoms with Gasteiger partial charge in [0.15, 0.2) is 5.96 Å². The summed E-state index contributed by atoms with van der Waals surface area (Å²) in [5.41, 5.74) is 3.74. The summed E-state index contributed by atoms with van der Waals surface area (Å²) >= 11 is 0. The minimum atomic E-state index is -0.195. The average Bonchev–Trinajstić information content (AvgIpc) is 3.05. The molecule has 2 N–H and O–H groups in total. The van der Waals surface area contributed by atoms with Crippen LogP contribution in [-0.2, 0) is 17.8 Å². The predicted octanol–water partition coefficient (Wildman–Crippen LogP) is 2.85. The summed E-state index contributed by atoms with van der Waals surface area (Å²) < 4.78 is 21.9. The van der Waals surface area contributed by atoms with Gasteiger partial charge in [0.2, 0.25) is 0 Å². The number of aromatic nitrogens is 2. The lowest BCUT2D eigenvalue weighted by molar-refractivity contribution is 0.122. The van der Waals surface area contributed by atoms with E-state index >= 15 is 0 Å². The lowest BCUT2D eigenvalue weighted by Crippen LogP contribution is -2.38. The molecule has 0 saturated carbocycles. The van der Waals surface area contributed by atoms with Gasteiger partial charge in [-0.25, -0.2) is 4.39 Å². The molecule has 30 heavy (non-hydrogen) atoms. The highest BCUT2D eigenvalue weighted by Crippen LogP contribution is 2.21. The maximum atomic E-state index is 14.5. The van der Waals surface area contributed by atoms with Crippen LogP contribution in [0.25, 0.3) is 0 Å². The molecule has 166 valence electrons. The van der Waals surface area contributed by atoms with E-state index in [0.717, 1.165) is 43.9 Å². The van der Waals surface area contributed by atoms with Crippen molar-refractivity contribution in [2.24, 2.45) is 4.99 Å². The summed E-state index contributed by atoms with van der Waals surface area (Å²) in [5.74, 6) is 0.509. The van der Waals surface area contributed by atoms with Gasteiger partial charge in [0.1, 0.15) is 5.82 Å². The fourth-order valence-electron chi connectivity index (χ4n) is 3.46. The highest BCUT2D eigenvalue weighted by molar-refractivity contribution is 14.0. The Hall–Kier alpha value is -1.88. The normalized spacial score (nSPS) is 14.4. The molecule has 0 bridgehead atoms. The van der Waals surface area contributed by atoms with E-state index in [1.807, 2.05) is 28.6 Å². The van der Waals surface area contributed by atoms with Crippen molar-refractivity contribution in [3.63, 3.8) is 0 Å². The van der Waals surface area contributed by atoms with E-state index in [-0.39, 0.29) is 29.8 Å². The largest absolute Gasteiger partial charge is 0.378 e. The molecule has 1 aromatic heterocycles. The Morgan fingerprint density at radius 1 is 1.20 bits per heavy atom. The molecule has 7 nitrogen and oxygen atoms in total. The van der Waals surface area contributed by atoms with Gasteiger partial charge in [-0.15, -0.1) is 24.0 Å². The molecule has 0 atom stereocenters. The Morgan fingerprint density at radius 2 is 1.97 bits per heavy atom. The second kappa shape index (κ2) is 12.1. The molecule has 3 rings (SSSR count). The van der Waals surface area contributed by atoms with Gasteiger partial charge in [-0.3, -0.25) is 9.67 Å². The number of benzene rings is 1. The lowest BCUT2D eigenvalue weighted by Gasteiger charge is -2.29. The maximum absolute atomic E-state index is 14.5. The number of rotatable bonds is 7. The van der Waals surface area contributed by atoms with Crippen LogP contribution in [0.2, 0.25) is 0 Å². The highest BCUT2D eigenvalue weighted by Gasteiger charge is 2.15. The number of morpholine rings is 1. The topological polar surface area (TPSA) is 66.7 Å². The van der Waals surface area contributed by atoms with Crippen molar-refractivity contribution in [1.29, 1.82) is 0 Å². The van der Waals surface area contributed by atoms with E-state index in [2.05, 4.69) is 33.7 Å². The fraction of sp³-hybridized carbons (Fsp3) is 0.524. The van der Waals surface area contributed by atoms with Gasteiger partial charge in [0.25, 0.3) is 0 Å². The SMILES string of the molecule is CN=C(NCCCn1nc(C)cc1C)NCc1ccc(N2CCOCC2)c(F)c1.I. The van der Waals surface area contributed by atoms with Crippen LogP contribution >= 0.6 is 24.0 Å². The second-order valence-corrected chi connectivity index (χ2v) is 7.24. The minimum Gasteiger partial charge on any atom is -0.378 e. The number of nitrogens with zero attached hydrogens (tertiary/aromatic N) is 4. The number of aryl methyl sites for hydroxylation is 3. The Morgan fingerprint density at radius 3 is 2.60 bits per heavy atom. The fourth-order valence-corrected chi connectivity index (χ4v) is 3.46. The standard InChI is InChI=1S/C21H31FN6O.HI/c1-16-13-17(2)28(26-16)8-4-7-24-21(23-3)25-15-18-5-6-20(19(22)14-18)27-9-11-29-12-10-27;/h5-6,13-14H,4,7-12,15H2,1-3H3,(H2,23,24,25);1H.